The average Bonchev–Trinajstić information content (AvgIpc) is 3.16. The lowest BCUT2D eigenvalue weighted by molar-refractivity contribution is -0.143. The lowest BCUT2D eigenvalue weighted by Gasteiger charge is -2.36. The molecule has 0 radical (unpaired) electrons. The summed E-state index contributed by atoms with van der Waals surface area (Å²) in [5.41, 5.74) is 2.99. The van der Waals surface area contributed by atoms with Gasteiger partial charge in [-0.1, -0.05) is 104 Å². The Kier molecular flexibility index (Phi) is 12.7. The second kappa shape index (κ2) is 17.5. The smallest absolute Gasteiger partial charge is 0.250 e. The minimum atomic E-state index is -0.860. The summed E-state index contributed by atoms with van der Waals surface area (Å²) in [6.07, 6.45) is 8.78. The van der Waals surface area contributed by atoms with Gasteiger partial charge in [0.05, 0.1) is 12.6 Å². The second-order valence-corrected chi connectivity index (χ2v) is 13.1. The fourth-order valence-electron chi connectivity index (χ4n) is 6.57. The van der Waals surface area contributed by atoms with Gasteiger partial charge < -0.3 is 25.8 Å². The van der Waals surface area contributed by atoms with Crippen molar-refractivity contribution >= 4 is 29.4 Å². The van der Waals surface area contributed by atoms with Gasteiger partial charge in [-0.25, -0.2) is 0 Å². The van der Waals surface area contributed by atoms with Crippen LogP contribution in [0, 0.1) is 5.92 Å². The molecule has 5 rings (SSSR count). The van der Waals surface area contributed by atoms with E-state index < -0.39 is 29.9 Å². The highest BCUT2D eigenvalue weighted by molar-refractivity contribution is 6.09. The molecule has 0 spiro atoms. The number of nitrogens with zero attached hydrogens (tertiary/aromatic N) is 2. The van der Waals surface area contributed by atoms with E-state index in [1.54, 1.807) is 55.5 Å². The maximum Gasteiger partial charge on any atom is 0.250 e. The van der Waals surface area contributed by atoms with Crippen LogP contribution in [-0.4, -0.2) is 77.5 Å². The second-order valence-electron chi connectivity index (χ2n) is 13.1. The number of ketones is 1. The van der Waals surface area contributed by atoms with Gasteiger partial charge in [0, 0.05) is 36.5 Å². The molecule has 0 aromatic heterocycles. The maximum absolute atomic E-state index is 14.0. The Morgan fingerprint density at radius 2 is 1.42 bits per heavy atom. The molecule has 1 fully saturated rings. The van der Waals surface area contributed by atoms with E-state index in [1.807, 2.05) is 60.7 Å². The minimum absolute atomic E-state index is 0.0222. The molecular weight excluding hydrogens is 630 g/mol. The van der Waals surface area contributed by atoms with Crippen LogP contribution in [0.1, 0.15) is 66.1 Å². The Hall–Kier alpha value is -5.09. The first kappa shape index (κ1) is 36.2. The Morgan fingerprint density at radius 3 is 2.08 bits per heavy atom. The third kappa shape index (κ3) is 9.32. The predicted octanol–water partition coefficient (Wildman–Crippen LogP) is 4.00. The molecule has 262 valence electrons. The van der Waals surface area contributed by atoms with Gasteiger partial charge in [0.15, 0.2) is 5.78 Å². The van der Waals surface area contributed by atoms with Gasteiger partial charge >= 0.3 is 0 Å². The number of carbonyl (C=O) groups excluding carboxylic acids is 5. The van der Waals surface area contributed by atoms with Crippen LogP contribution in [0.4, 0.5) is 0 Å². The van der Waals surface area contributed by atoms with Crippen molar-refractivity contribution in [3.63, 3.8) is 0 Å². The van der Waals surface area contributed by atoms with E-state index in [4.69, 9.17) is 0 Å². The third-order valence-electron chi connectivity index (χ3n) is 9.71. The van der Waals surface area contributed by atoms with E-state index in [0.29, 0.717) is 24.1 Å². The number of hydrogen-bond acceptors (Lipinski definition) is 6. The van der Waals surface area contributed by atoms with Gasteiger partial charge in [0.25, 0.3) is 0 Å². The van der Waals surface area contributed by atoms with Crippen molar-refractivity contribution in [2.75, 3.05) is 20.1 Å². The monoisotopic (exact) mass is 677 g/mol. The van der Waals surface area contributed by atoms with Gasteiger partial charge in [0.2, 0.25) is 23.6 Å². The van der Waals surface area contributed by atoms with Crippen LogP contribution >= 0.6 is 0 Å². The quantitative estimate of drug-likeness (QED) is 0.222. The van der Waals surface area contributed by atoms with Crippen molar-refractivity contribution in [3.05, 3.63) is 120 Å². The molecule has 50 heavy (non-hydrogen) atoms. The van der Waals surface area contributed by atoms with E-state index in [-0.39, 0.29) is 36.5 Å². The van der Waals surface area contributed by atoms with E-state index >= 15 is 0 Å². The summed E-state index contributed by atoms with van der Waals surface area (Å²) in [7, 11) is 1.68. The lowest BCUT2D eigenvalue weighted by Crippen LogP contribution is -2.57. The normalized spacial score (nSPS) is 17.6. The van der Waals surface area contributed by atoms with E-state index in [9.17, 15) is 24.0 Å². The predicted molar refractivity (Wildman–Crippen MR) is 192 cm³/mol. The molecule has 1 saturated carbocycles. The third-order valence-corrected chi connectivity index (χ3v) is 9.71. The van der Waals surface area contributed by atoms with Crippen molar-refractivity contribution in [1.82, 2.24) is 25.8 Å². The zero-order valence-corrected chi connectivity index (χ0v) is 28.8. The zero-order valence-electron chi connectivity index (χ0n) is 28.8. The summed E-state index contributed by atoms with van der Waals surface area (Å²) in [4.78, 5) is 70.0. The van der Waals surface area contributed by atoms with E-state index in [0.717, 1.165) is 43.2 Å². The molecule has 0 unspecified atom stereocenters. The van der Waals surface area contributed by atoms with E-state index in [2.05, 4.69) is 16.0 Å². The van der Waals surface area contributed by atoms with Gasteiger partial charge in [-0.05, 0) is 50.3 Å². The molecule has 2 aliphatic rings. The van der Waals surface area contributed by atoms with Crippen LogP contribution in [0.5, 0.6) is 0 Å². The SMILES string of the molecule is CN[C@@H](C)C(=O)N[C@H](C(=O)NCC(=O)N1C=CN(CCc2ccccc2)C(=O)[C@@H]1Cc1ccc(C(=O)c2ccccc2)cc1)C1CCCCC1. The minimum Gasteiger partial charge on any atom is -0.345 e. The highest BCUT2D eigenvalue weighted by atomic mass is 16.2. The molecule has 1 aliphatic carbocycles. The van der Waals surface area contributed by atoms with Crippen molar-refractivity contribution in [3.8, 4) is 0 Å². The lowest BCUT2D eigenvalue weighted by atomic mass is 9.83. The number of nitrogens with one attached hydrogen (secondary N) is 3. The van der Waals surface area contributed by atoms with Crippen molar-refractivity contribution < 1.29 is 24.0 Å². The number of hydrogen-bond donors (Lipinski definition) is 3. The summed E-state index contributed by atoms with van der Waals surface area (Å²) >= 11 is 0. The molecule has 3 N–H and O–H groups in total. The molecule has 1 aliphatic heterocycles. The number of rotatable bonds is 14. The van der Waals surface area contributed by atoms with Gasteiger partial charge in [-0.3, -0.25) is 24.0 Å². The van der Waals surface area contributed by atoms with Crippen LogP contribution in [0.25, 0.3) is 0 Å². The number of likely N-dealkylation sites (N-methyl/N-ethyl adjacent to an activating group) is 1. The highest BCUT2D eigenvalue weighted by Gasteiger charge is 2.36. The molecule has 10 nitrogen and oxygen atoms in total. The van der Waals surface area contributed by atoms with Crippen LogP contribution in [0.2, 0.25) is 0 Å². The van der Waals surface area contributed by atoms with Gasteiger partial charge in [0.1, 0.15) is 12.1 Å². The molecule has 10 heteroatoms. The van der Waals surface area contributed by atoms with Crippen molar-refractivity contribution in [2.45, 2.75) is 70.0 Å². The van der Waals surface area contributed by atoms with Crippen LogP contribution < -0.4 is 16.0 Å². The molecule has 0 bridgehead atoms. The van der Waals surface area contributed by atoms with Crippen LogP contribution in [0.15, 0.2) is 97.3 Å². The first-order valence-corrected chi connectivity index (χ1v) is 17.5. The first-order chi connectivity index (χ1) is 24.2. The number of benzene rings is 3. The standard InChI is InChI=1S/C40H47N5O5/c1-28(41-2)38(48)43-36(31-14-8-4-9-15-31)39(49)42-27-35(46)45-25-24-44(23-22-29-12-6-3-7-13-29)40(50)34(45)26-30-18-20-33(21-19-30)37(47)32-16-10-5-11-17-32/h3,5-7,10-13,16-21,24-25,28,31,34,36,41H,4,8-9,14-15,22-23,26-27H2,1-2H3,(H,42,49)(H,43,48)/t28-,34-,36-/m0/s1. The summed E-state index contributed by atoms with van der Waals surface area (Å²) in [5.74, 6) is -1.48. The highest BCUT2D eigenvalue weighted by Crippen LogP contribution is 2.27. The van der Waals surface area contributed by atoms with Crippen molar-refractivity contribution in [1.29, 1.82) is 0 Å². The van der Waals surface area contributed by atoms with Crippen LogP contribution in [0.3, 0.4) is 0 Å². The molecule has 3 aromatic carbocycles. The Bertz CT molecular complexity index is 1650. The Labute approximate surface area is 294 Å². The molecule has 4 amide bonds. The molecule has 3 atom stereocenters. The maximum atomic E-state index is 14.0. The zero-order chi connectivity index (χ0) is 35.5. The van der Waals surface area contributed by atoms with Crippen LogP contribution in [-0.2, 0) is 32.0 Å². The van der Waals surface area contributed by atoms with Crippen molar-refractivity contribution in [2.24, 2.45) is 5.92 Å². The van der Waals surface area contributed by atoms with E-state index in [1.165, 1.54) is 4.90 Å². The summed E-state index contributed by atoms with van der Waals surface area (Å²) < 4.78 is 0. The molecule has 3 aromatic rings. The molecule has 1 heterocycles. The molecular formula is C40H47N5O5. The largest absolute Gasteiger partial charge is 0.345 e. The molecule has 0 saturated heterocycles. The topological polar surface area (TPSA) is 128 Å². The Balaban J connectivity index is 1.31. The number of carbonyl (C=O) groups is 5. The summed E-state index contributed by atoms with van der Waals surface area (Å²) in [6, 6.07) is 23.9. The first-order valence-electron chi connectivity index (χ1n) is 17.5. The summed E-state index contributed by atoms with van der Waals surface area (Å²) in [6.45, 7) is 1.83. The van der Waals surface area contributed by atoms with Gasteiger partial charge in [-0.2, -0.15) is 0 Å². The number of amides is 4. The average molecular weight is 678 g/mol. The fraction of sp³-hybridized carbons (Fsp3) is 0.375. The Morgan fingerprint density at radius 1 is 0.780 bits per heavy atom. The van der Waals surface area contributed by atoms with Gasteiger partial charge in [-0.15, -0.1) is 0 Å². The fourth-order valence-corrected chi connectivity index (χ4v) is 6.57. The summed E-state index contributed by atoms with van der Waals surface area (Å²) in [5, 5.41) is 8.59.